The second kappa shape index (κ2) is 12.1. The van der Waals surface area contributed by atoms with E-state index >= 15 is 0 Å². The molecule has 6 nitrogen and oxygen atoms in total. The minimum Gasteiger partial charge on any atom is -0.490 e. The van der Waals surface area contributed by atoms with Gasteiger partial charge in [-0.2, -0.15) is 0 Å². The number of rotatable bonds is 12. The number of hydrogen-bond donors (Lipinski definition) is 2. The molecule has 0 amide bonds. The van der Waals surface area contributed by atoms with Gasteiger partial charge in [-0.3, -0.25) is 4.99 Å². The van der Waals surface area contributed by atoms with Gasteiger partial charge in [0, 0.05) is 32.2 Å². The lowest BCUT2D eigenvalue weighted by Gasteiger charge is -2.19. The summed E-state index contributed by atoms with van der Waals surface area (Å²) in [5, 5.41) is 6.60. The van der Waals surface area contributed by atoms with Gasteiger partial charge in [-0.15, -0.1) is 0 Å². The fourth-order valence-electron chi connectivity index (χ4n) is 3.33. The second-order valence-electron chi connectivity index (χ2n) is 8.23. The molecule has 168 valence electrons. The predicted octanol–water partition coefficient (Wildman–Crippen LogP) is 3.67. The van der Waals surface area contributed by atoms with Gasteiger partial charge in [0.1, 0.15) is 0 Å². The van der Waals surface area contributed by atoms with E-state index in [0.717, 1.165) is 50.7 Å². The van der Waals surface area contributed by atoms with E-state index in [1.54, 1.807) is 12.1 Å². The Morgan fingerprint density at radius 2 is 2.13 bits per heavy atom. The van der Waals surface area contributed by atoms with Gasteiger partial charge in [-0.25, -0.2) is 4.39 Å². The third kappa shape index (κ3) is 7.76. The monoisotopic (exact) mass is 421 g/mol. The first kappa shape index (κ1) is 22.8. The zero-order valence-electron chi connectivity index (χ0n) is 18.3. The highest BCUT2D eigenvalue weighted by Gasteiger charge is 2.22. The van der Waals surface area contributed by atoms with E-state index in [4.69, 9.17) is 14.2 Å². The minimum absolute atomic E-state index is 0.0756. The van der Waals surface area contributed by atoms with Gasteiger partial charge < -0.3 is 24.8 Å². The number of nitrogens with one attached hydrogen (secondary N) is 2. The second-order valence-corrected chi connectivity index (χ2v) is 8.23. The molecule has 0 spiro atoms. The Labute approximate surface area is 179 Å². The smallest absolute Gasteiger partial charge is 0.191 e. The average Bonchev–Trinajstić information content (AvgIpc) is 3.42. The Morgan fingerprint density at radius 3 is 2.83 bits per heavy atom. The number of nitrogens with zero attached hydrogens (tertiary/aromatic N) is 1. The van der Waals surface area contributed by atoms with Crippen LogP contribution in [0.2, 0.25) is 0 Å². The molecule has 1 aliphatic heterocycles. The Hall–Kier alpha value is -1.86. The molecule has 0 aromatic heterocycles. The van der Waals surface area contributed by atoms with Crippen LogP contribution in [0, 0.1) is 17.7 Å². The topological polar surface area (TPSA) is 64.1 Å². The third-order valence-electron chi connectivity index (χ3n) is 5.42. The summed E-state index contributed by atoms with van der Waals surface area (Å²) in [5.41, 5.74) is 0.860. The van der Waals surface area contributed by atoms with Gasteiger partial charge in [-0.1, -0.05) is 6.07 Å². The average molecular weight is 422 g/mol. The highest BCUT2D eigenvalue weighted by Crippen LogP contribution is 2.30. The van der Waals surface area contributed by atoms with E-state index < -0.39 is 0 Å². The summed E-state index contributed by atoms with van der Waals surface area (Å²) >= 11 is 0. The van der Waals surface area contributed by atoms with E-state index in [0.29, 0.717) is 37.3 Å². The van der Waals surface area contributed by atoms with Gasteiger partial charge in [0.25, 0.3) is 0 Å². The van der Waals surface area contributed by atoms with Crippen molar-refractivity contribution in [1.82, 2.24) is 10.6 Å². The van der Waals surface area contributed by atoms with Crippen LogP contribution in [0.4, 0.5) is 4.39 Å². The van der Waals surface area contributed by atoms with Crippen LogP contribution in [0.5, 0.6) is 5.75 Å². The molecule has 1 aliphatic carbocycles. The van der Waals surface area contributed by atoms with Crippen LogP contribution in [0.15, 0.2) is 23.2 Å². The summed E-state index contributed by atoms with van der Waals surface area (Å²) in [5.74, 6) is 1.89. The number of halogens is 1. The van der Waals surface area contributed by atoms with Crippen molar-refractivity contribution < 1.29 is 18.6 Å². The lowest BCUT2D eigenvalue weighted by atomic mass is 10.1. The maximum absolute atomic E-state index is 14.4. The Bertz CT molecular complexity index is 676. The van der Waals surface area contributed by atoms with Crippen LogP contribution in [-0.2, 0) is 9.47 Å². The molecule has 30 heavy (non-hydrogen) atoms. The highest BCUT2D eigenvalue weighted by atomic mass is 19.1. The molecule has 1 saturated carbocycles. The zero-order chi connectivity index (χ0) is 21.2. The standard InChI is InChI=1S/C23H36FN3O3/c1-3-25-23(26-10-4-11-28-14-19-9-12-29-15-19)27-17(2)20-7-8-22(21(24)13-20)30-16-18-5-6-18/h7-8,13,17-19H,3-6,9-12,14-16H2,1-2H3,(H2,25,26,27). The first-order chi connectivity index (χ1) is 14.7. The van der Waals surface area contributed by atoms with Crippen molar-refractivity contribution in [3.05, 3.63) is 29.6 Å². The van der Waals surface area contributed by atoms with Crippen molar-refractivity contribution in [3.8, 4) is 5.75 Å². The maximum Gasteiger partial charge on any atom is 0.191 e. The van der Waals surface area contributed by atoms with Gasteiger partial charge >= 0.3 is 0 Å². The van der Waals surface area contributed by atoms with E-state index in [-0.39, 0.29) is 11.9 Å². The molecule has 7 heteroatoms. The first-order valence-corrected chi connectivity index (χ1v) is 11.3. The van der Waals surface area contributed by atoms with Crippen LogP contribution in [0.1, 0.15) is 51.1 Å². The molecule has 1 aromatic carbocycles. The third-order valence-corrected chi connectivity index (χ3v) is 5.42. The quantitative estimate of drug-likeness (QED) is 0.306. The predicted molar refractivity (Wildman–Crippen MR) is 117 cm³/mol. The van der Waals surface area contributed by atoms with E-state index in [9.17, 15) is 4.39 Å². The summed E-state index contributed by atoms with van der Waals surface area (Å²) in [4.78, 5) is 4.62. The molecule has 2 aliphatic rings. The van der Waals surface area contributed by atoms with E-state index in [1.807, 2.05) is 19.9 Å². The number of aliphatic imine (C=N–C) groups is 1. The molecular weight excluding hydrogens is 385 g/mol. The maximum atomic E-state index is 14.4. The molecule has 0 bridgehead atoms. The lowest BCUT2D eigenvalue weighted by molar-refractivity contribution is 0.0893. The molecule has 3 rings (SSSR count). The van der Waals surface area contributed by atoms with Crippen LogP contribution in [-0.4, -0.2) is 52.1 Å². The highest BCUT2D eigenvalue weighted by molar-refractivity contribution is 5.80. The lowest BCUT2D eigenvalue weighted by Crippen LogP contribution is -2.38. The summed E-state index contributed by atoms with van der Waals surface area (Å²) < 4.78 is 31.0. The largest absolute Gasteiger partial charge is 0.490 e. The van der Waals surface area contributed by atoms with Gasteiger partial charge in [0.15, 0.2) is 17.5 Å². The van der Waals surface area contributed by atoms with Crippen LogP contribution < -0.4 is 15.4 Å². The van der Waals surface area contributed by atoms with Crippen molar-refractivity contribution in [2.24, 2.45) is 16.8 Å². The van der Waals surface area contributed by atoms with Crippen LogP contribution in [0.3, 0.4) is 0 Å². The molecule has 1 heterocycles. The molecule has 2 unspecified atom stereocenters. The molecule has 1 aromatic rings. The normalized spacial score (nSPS) is 20.2. The summed E-state index contributed by atoms with van der Waals surface area (Å²) in [6.07, 6.45) is 4.34. The Kier molecular flexibility index (Phi) is 9.21. The van der Waals surface area contributed by atoms with Crippen LogP contribution >= 0.6 is 0 Å². The molecule has 2 N–H and O–H groups in total. The zero-order valence-corrected chi connectivity index (χ0v) is 18.3. The fourth-order valence-corrected chi connectivity index (χ4v) is 3.33. The van der Waals surface area contributed by atoms with Crippen molar-refractivity contribution in [3.63, 3.8) is 0 Å². The Morgan fingerprint density at radius 1 is 1.27 bits per heavy atom. The van der Waals surface area contributed by atoms with Crippen molar-refractivity contribution in [2.75, 3.05) is 46.1 Å². The Balaban J connectivity index is 1.42. The van der Waals surface area contributed by atoms with Crippen molar-refractivity contribution >= 4 is 5.96 Å². The SMILES string of the molecule is CCNC(=NCCCOCC1CCOC1)NC(C)c1ccc(OCC2CC2)c(F)c1. The number of benzene rings is 1. The first-order valence-electron chi connectivity index (χ1n) is 11.3. The molecular formula is C23H36FN3O3. The van der Waals surface area contributed by atoms with Gasteiger partial charge in [0.2, 0.25) is 0 Å². The molecule has 2 atom stereocenters. The minimum atomic E-state index is -0.312. The summed E-state index contributed by atoms with van der Waals surface area (Å²) in [7, 11) is 0. The van der Waals surface area contributed by atoms with E-state index in [2.05, 4.69) is 15.6 Å². The van der Waals surface area contributed by atoms with Gasteiger partial charge in [-0.05, 0) is 63.1 Å². The van der Waals surface area contributed by atoms with Gasteiger partial charge in [0.05, 0.1) is 25.9 Å². The van der Waals surface area contributed by atoms with Crippen molar-refractivity contribution in [2.45, 2.75) is 45.6 Å². The summed E-state index contributed by atoms with van der Waals surface area (Å²) in [6.45, 7) is 9.21. The molecule has 0 radical (unpaired) electrons. The van der Waals surface area contributed by atoms with E-state index in [1.165, 1.54) is 12.8 Å². The molecule has 1 saturated heterocycles. The van der Waals surface area contributed by atoms with Crippen molar-refractivity contribution in [1.29, 1.82) is 0 Å². The fraction of sp³-hybridized carbons (Fsp3) is 0.696. The summed E-state index contributed by atoms with van der Waals surface area (Å²) in [6, 6.07) is 5.10. The number of hydrogen-bond acceptors (Lipinski definition) is 4. The number of ether oxygens (including phenoxy) is 3. The van der Waals surface area contributed by atoms with Crippen LogP contribution in [0.25, 0.3) is 0 Å². The number of guanidine groups is 1. The molecule has 2 fully saturated rings.